The maximum atomic E-state index is 14.9. The molecule has 1 aliphatic heterocycles. The first-order valence-electron chi connectivity index (χ1n) is 8.27. The molecule has 0 saturated heterocycles. The van der Waals surface area contributed by atoms with Crippen LogP contribution >= 0.6 is 0 Å². The van der Waals surface area contributed by atoms with Gasteiger partial charge < -0.3 is 10.5 Å². The van der Waals surface area contributed by atoms with E-state index >= 15 is 0 Å². The maximum absolute atomic E-state index is 14.9. The number of hydrogen-bond acceptors (Lipinski definition) is 4. The average Bonchev–Trinajstić information content (AvgIpc) is 2.65. The molecule has 0 fully saturated rings. The quantitative estimate of drug-likeness (QED) is 0.792. The number of halogens is 2. The third kappa shape index (κ3) is 2.41. The van der Waals surface area contributed by atoms with Crippen molar-refractivity contribution in [3.05, 3.63) is 59.2 Å². The van der Waals surface area contributed by atoms with Gasteiger partial charge in [-0.25, -0.2) is 9.84 Å². The molecule has 0 amide bonds. The van der Waals surface area contributed by atoms with Gasteiger partial charge in [0.25, 0.3) is 6.02 Å². The third-order valence-electron chi connectivity index (χ3n) is 5.03. The van der Waals surface area contributed by atoms with Crippen LogP contribution in [-0.4, -0.2) is 23.5 Å². The predicted molar refractivity (Wildman–Crippen MR) is 93.1 cm³/mol. The Kier molecular flexibility index (Phi) is 3.65. The van der Waals surface area contributed by atoms with Gasteiger partial charge in [0.2, 0.25) is 5.69 Å². The van der Waals surface area contributed by atoms with Gasteiger partial charge >= 0.3 is 5.92 Å². The molecule has 2 aliphatic rings. The fourth-order valence-corrected chi connectivity index (χ4v) is 3.76. The van der Waals surface area contributed by atoms with Gasteiger partial charge in [0.1, 0.15) is 0 Å². The number of aryl methyl sites for hydroxylation is 1. The van der Waals surface area contributed by atoms with Crippen molar-refractivity contribution in [3.63, 3.8) is 0 Å². The Labute approximate surface area is 149 Å². The number of amidine groups is 1. The topological polar surface area (TPSA) is 64.9 Å². The van der Waals surface area contributed by atoms with E-state index in [0.717, 1.165) is 11.1 Å². The predicted octanol–water partition coefficient (Wildman–Crippen LogP) is 3.81. The molecule has 0 saturated carbocycles. The number of rotatable bonds is 1. The highest BCUT2D eigenvalue weighted by molar-refractivity contribution is 5.74. The van der Waals surface area contributed by atoms with Crippen molar-refractivity contribution < 1.29 is 13.5 Å². The fourth-order valence-electron chi connectivity index (χ4n) is 3.76. The van der Waals surface area contributed by atoms with Gasteiger partial charge in [0.15, 0.2) is 12.1 Å². The molecule has 0 radical (unpaired) electrons. The lowest BCUT2D eigenvalue weighted by Crippen LogP contribution is -2.54. The zero-order chi connectivity index (χ0) is 18.4. The van der Waals surface area contributed by atoms with E-state index in [4.69, 9.17) is 17.0 Å². The summed E-state index contributed by atoms with van der Waals surface area (Å²) in [5.74, 6) is -3.15. The number of hydrogen-bond donors (Lipinski definition) is 1. The summed E-state index contributed by atoms with van der Waals surface area (Å²) in [5, 5.41) is 0. The maximum Gasteiger partial charge on any atom is 0.310 e. The van der Waals surface area contributed by atoms with Gasteiger partial charge in [0, 0.05) is 12.4 Å². The van der Waals surface area contributed by atoms with Crippen LogP contribution in [0.3, 0.4) is 0 Å². The van der Waals surface area contributed by atoms with Gasteiger partial charge in [-0.2, -0.15) is 8.78 Å². The number of nitrogens with zero attached hydrogens (tertiary/aromatic N) is 3. The fraction of sp³-hybridized carbons (Fsp3) is 0.316. The van der Waals surface area contributed by atoms with Crippen LogP contribution in [0.2, 0.25) is 0 Å². The van der Waals surface area contributed by atoms with E-state index in [1.165, 1.54) is 6.20 Å². The molecule has 2 aromatic rings. The smallest absolute Gasteiger partial charge is 0.310 e. The first-order valence-corrected chi connectivity index (χ1v) is 8.27. The molecule has 132 valence electrons. The molecule has 4 rings (SSSR count). The number of benzene rings is 1. The van der Waals surface area contributed by atoms with Crippen molar-refractivity contribution in [2.24, 2.45) is 10.7 Å². The van der Waals surface area contributed by atoms with E-state index in [2.05, 4.69) is 14.8 Å². The van der Waals surface area contributed by atoms with Crippen LogP contribution in [-0.2, 0) is 16.7 Å². The van der Waals surface area contributed by atoms with Crippen LogP contribution in [0.4, 0.5) is 14.5 Å². The number of ether oxygens (including phenoxy) is 1. The molecule has 1 atom stereocenters. The van der Waals surface area contributed by atoms with Gasteiger partial charge in [0.05, 0.1) is 6.57 Å². The van der Waals surface area contributed by atoms with Gasteiger partial charge in [-0.15, -0.1) is 0 Å². The van der Waals surface area contributed by atoms with E-state index in [9.17, 15) is 8.78 Å². The van der Waals surface area contributed by atoms with Crippen molar-refractivity contribution in [3.8, 4) is 11.1 Å². The minimum absolute atomic E-state index is 0.203. The lowest BCUT2D eigenvalue weighted by molar-refractivity contribution is -0.127. The first-order chi connectivity index (χ1) is 12.4. The number of pyridine rings is 1. The highest BCUT2D eigenvalue weighted by Crippen LogP contribution is 2.51. The van der Waals surface area contributed by atoms with E-state index in [-0.39, 0.29) is 12.4 Å². The summed E-state index contributed by atoms with van der Waals surface area (Å²) in [6, 6.07) is 6.94. The van der Waals surface area contributed by atoms with Crippen LogP contribution < -0.4 is 5.73 Å². The van der Waals surface area contributed by atoms with Crippen molar-refractivity contribution >= 4 is 11.7 Å². The molecular formula is C19H16F2N4O. The second-order valence-electron chi connectivity index (χ2n) is 6.57. The Bertz CT molecular complexity index is 951. The molecule has 1 aromatic heterocycles. The summed E-state index contributed by atoms with van der Waals surface area (Å²) in [6.45, 7) is 6.35. The Morgan fingerprint density at radius 2 is 2.04 bits per heavy atom. The summed E-state index contributed by atoms with van der Waals surface area (Å²) >= 11 is 0. The van der Waals surface area contributed by atoms with E-state index in [0.29, 0.717) is 29.7 Å². The molecule has 2 heterocycles. The summed E-state index contributed by atoms with van der Waals surface area (Å²) in [5.41, 5.74) is 7.09. The molecular weight excluding hydrogens is 338 g/mol. The molecule has 0 unspecified atom stereocenters. The second kappa shape index (κ2) is 5.77. The molecule has 1 aromatic carbocycles. The van der Waals surface area contributed by atoms with Crippen LogP contribution in [0.5, 0.6) is 0 Å². The van der Waals surface area contributed by atoms with Gasteiger partial charge in [-0.1, -0.05) is 12.1 Å². The van der Waals surface area contributed by atoms with E-state index in [1.54, 1.807) is 18.3 Å². The zero-order valence-electron chi connectivity index (χ0n) is 13.9. The lowest BCUT2D eigenvalue weighted by atomic mass is 9.72. The van der Waals surface area contributed by atoms with Crippen LogP contribution in [0.15, 0.2) is 41.7 Å². The summed E-state index contributed by atoms with van der Waals surface area (Å²) in [6.07, 6.45) is 4.61. The molecule has 2 N–H and O–H groups in total. The van der Waals surface area contributed by atoms with Gasteiger partial charge in [-0.05, 0) is 53.6 Å². The normalized spacial score (nSPS) is 23.5. The molecule has 1 spiro atoms. The third-order valence-corrected chi connectivity index (χ3v) is 5.03. The number of nitrogens with two attached hydrogens (primary N) is 1. The van der Waals surface area contributed by atoms with Crippen LogP contribution in [0.1, 0.15) is 24.0 Å². The Morgan fingerprint density at radius 3 is 2.85 bits per heavy atom. The average molecular weight is 354 g/mol. The molecule has 26 heavy (non-hydrogen) atoms. The lowest BCUT2D eigenvalue weighted by Gasteiger charge is -2.43. The van der Waals surface area contributed by atoms with Crippen molar-refractivity contribution in [1.82, 2.24) is 4.98 Å². The number of alkyl halides is 2. The van der Waals surface area contributed by atoms with Crippen molar-refractivity contribution in [2.75, 3.05) is 6.61 Å². The van der Waals surface area contributed by atoms with Crippen molar-refractivity contribution in [1.29, 1.82) is 0 Å². The van der Waals surface area contributed by atoms with E-state index in [1.807, 2.05) is 12.1 Å². The Hall–Kier alpha value is -3.01. The monoisotopic (exact) mass is 354 g/mol. The van der Waals surface area contributed by atoms with E-state index < -0.39 is 18.1 Å². The molecule has 5 nitrogen and oxygen atoms in total. The van der Waals surface area contributed by atoms with Gasteiger partial charge in [-0.3, -0.25) is 4.98 Å². The molecule has 7 heteroatoms. The largest absolute Gasteiger partial charge is 0.459 e. The van der Waals surface area contributed by atoms with Crippen LogP contribution in [0.25, 0.3) is 16.0 Å². The van der Waals surface area contributed by atoms with Crippen LogP contribution in [0, 0.1) is 6.57 Å². The molecule has 0 bridgehead atoms. The minimum Gasteiger partial charge on any atom is -0.459 e. The summed E-state index contributed by atoms with van der Waals surface area (Å²) in [7, 11) is 0. The van der Waals surface area contributed by atoms with Crippen molar-refractivity contribution in [2.45, 2.75) is 30.7 Å². The Morgan fingerprint density at radius 1 is 1.19 bits per heavy atom. The minimum atomic E-state index is -3.15. The standard InChI is InChI=1S/C19H16F2N4O/c1-23-15-7-14(9-24-10-15)13-5-4-12-3-2-6-18(16(12)8-13)19(20,21)11-26-17(22)25-18/h4-5,7-10H,2-3,6,11H2,(H2,22,25)/t18-/m1/s1. The summed E-state index contributed by atoms with van der Waals surface area (Å²) < 4.78 is 34.6. The number of aliphatic imine (C=N–C) groups is 1. The number of aromatic nitrogens is 1. The first kappa shape index (κ1) is 16.5. The Balaban J connectivity index is 1.91. The highest BCUT2D eigenvalue weighted by atomic mass is 19.3. The summed E-state index contributed by atoms with van der Waals surface area (Å²) in [4.78, 5) is 11.5. The number of fused-ring (bicyclic) bond motifs is 2. The zero-order valence-corrected chi connectivity index (χ0v) is 13.9. The second-order valence-corrected chi connectivity index (χ2v) is 6.57. The SMILES string of the molecule is [C-]#[N+]c1cncc(-c2ccc3c(c2)[C@@]2(CCC3)N=C(N)OCC2(F)F)c1. The highest BCUT2D eigenvalue weighted by Gasteiger charge is 2.59. The molecule has 1 aliphatic carbocycles.